The molecule has 0 spiro atoms. The van der Waals surface area contributed by atoms with Crippen LogP contribution in [0.25, 0.3) is 0 Å². The van der Waals surface area contributed by atoms with E-state index in [1.54, 1.807) is 24.3 Å². The summed E-state index contributed by atoms with van der Waals surface area (Å²) in [6.45, 7) is 0. The Bertz CT molecular complexity index is 347. The van der Waals surface area contributed by atoms with E-state index in [1.165, 1.54) is 0 Å². The lowest BCUT2D eigenvalue weighted by molar-refractivity contribution is 0.137. The molecule has 0 aromatic heterocycles. The molecule has 14 heavy (non-hydrogen) atoms. The van der Waals surface area contributed by atoms with E-state index in [1.807, 2.05) is 12.1 Å². The fraction of sp³-hybridized carbons (Fsp3) is 0. The molecule has 0 bridgehead atoms. The highest BCUT2D eigenvalue weighted by atomic mass is 16.6. The molecule has 1 aromatic carbocycles. The van der Waals surface area contributed by atoms with E-state index < -0.39 is 6.16 Å². The number of carboxylic acid groups (broad SMARTS) is 2. The normalized spacial score (nSPS) is 7.29. The van der Waals surface area contributed by atoms with E-state index in [4.69, 9.17) is 25.5 Å². The van der Waals surface area contributed by atoms with Gasteiger partial charge in [-0.05, 0) is 24.3 Å². The molecule has 0 saturated carbocycles. The van der Waals surface area contributed by atoms with Crippen LogP contribution in [0.15, 0.2) is 24.3 Å². The highest BCUT2D eigenvalue weighted by Gasteiger charge is 1.88. The lowest BCUT2D eigenvalue weighted by Crippen LogP contribution is -1.81. The Kier molecular flexibility index (Phi) is 4.95. The third-order valence-electron chi connectivity index (χ3n) is 1.14. The van der Waals surface area contributed by atoms with Gasteiger partial charge in [0.2, 0.25) is 0 Å². The predicted molar refractivity (Wildman–Crippen MR) is 46.5 cm³/mol. The third-order valence-corrected chi connectivity index (χ3v) is 1.14. The van der Waals surface area contributed by atoms with Gasteiger partial charge in [0.1, 0.15) is 0 Å². The predicted octanol–water partition coefficient (Wildman–Crippen LogP) is 1.65. The maximum Gasteiger partial charge on any atom is 0.503 e. The molecule has 70 valence electrons. The topological polar surface area (TPSA) is 105 Å². The molecule has 0 aliphatic carbocycles. The lowest BCUT2D eigenvalue weighted by atomic mass is 10.2. The van der Waals surface area contributed by atoms with Gasteiger partial charge in [0, 0.05) is 0 Å². The quantitative estimate of drug-likeness (QED) is 0.647. The van der Waals surface area contributed by atoms with Gasteiger partial charge < -0.3 is 10.2 Å². The van der Waals surface area contributed by atoms with E-state index in [0.717, 1.165) is 0 Å². The minimum absolute atomic E-state index is 0.582. The van der Waals surface area contributed by atoms with Crippen molar-refractivity contribution in [3.8, 4) is 12.1 Å². The van der Waals surface area contributed by atoms with E-state index in [-0.39, 0.29) is 0 Å². The zero-order chi connectivity index (χ0) is 11.0. The highest BCUT2D eigenvalue weighted by Crippen LogP contribution is 2.00. The van der Waals surface area contributed by atoms with Gasteiger partial charge in [0.25, 0.3) is 0 Å². The maximum absolute atomic E-state index is 8.56. The summed E-state index contributed by atoms with van der Waals surface area (Å²) in [5.74, 6) is 0. The van der Waals surface area contributed by atoms with Crippen LogP contribution in [0.1, 0.15) is 11.1 Å². The average molecular weight is 190 g/mol. The Balaban J connectivity index is 0.000000364. The van der Waals surface area contributed by atoms with Crippen LogP contribution in [0.5, 0.6) is 0 Å². The minimum atomic E-state index is -1.83. The summed E-state index contributed by atoms with van der Waals surface area (Å²) in [5, 5.41) is 30.7. The van der Waals surface area contributed by atoms with Crippen LogP contribution in [0.3, 0.4) is 0 Å². The molecule has 0 fully saturated rings. The molecule has 1 aromatic rings. The fourth-order valence-electron chi connectivity index (χ4n) is 0.619. The summed E-state index contributed by atoms with van der Waals surface area (Å²) in [4.78, 5) is 8.56. The van der Waals surface area contributed by atoms with Crippen molar-refractivity contribution in [2.45, 2.75) is 0 Å². The van der Waals surface area contributed by atoms with E-state index in [2.05, 4.69) is 0 Å². The molecule has 0 aliphatic rings. The molecule has 5 nitrogen and oxygen atoms in total. The zero-order valence-electron chi connectivity index (χ0n) is 7.01. The van der Waals surface area contributed by atoms with Gasteiger partial charge in [-0.15, -0.1) is 0 Å². The summed E-state index contributed by atoms with van der Waals surface area (Å²) in [7, 11) is 0. The molecule has 0 atom stereocenters. The number of nitrogens with zero attached hydrogens (tertiary/aromatic N) is 2. The molecule has 0 radical (unpaired) electrons. The monoisotopic (exact) mass is 190 g/mol. The number of hydrogen-bond donors (Lipinski definition) is 2. The SMILES string of the molecule is N#Cc1ccc(C#N)cc1.O=C(O)O. The standard InChI is InChI=1S/C8H4N2.CH2O3/c9-5-7-1-2-8(6-10)4-3-7;2-1(3)4/h1-4H;(H2,2,3,4). The van der Waals surface area contributed by atoms with Crippen LogP contribution in [0.4, 0.5) is 4.79 Å². The molecule has 0 saturated heterocycles. The number of nitriles is 2. The van der Waals surface area contributed by atoms with Crippen LogP contribution in [0, 0.1) is 22.7 Å². The number of rotatable bonds is 0. The Morgan fingerprint density at radius 2 is 1.21 bits per heavy atom. The van der Waals surface area contributed by atoms with Crippen molar-refractivity contribution in [1.82, 2.24) is 0 Å². The van der Waals surface area contributed by atoms with E-state index >= 15 is 0 Å². The van der Waals surface area contributed by atoms with Gasteiger partial charge in [0.05, 0.1) is 23.3 Å². The van der Waals surface area contributed by atoms with Crippen molar-refractivity contribution < 1.29 is 15.0 Å². The molecule has 0 unspecified atom stereocenters. The van der Waals surface area contributed by atoms with Gasteiger partial charge in [-0.2, -0.15) is 10.5 Å². The minimum Gasteiger partial charge on any atom is -0.450 e. The molecular formula is C9H6N2O3. The van der Waals surface area contributed by atoms with Crippen LogP contribution in [-0.2, 0) is 0 Å². The van der Waals surface area contributed by atoms with Crippen LogP contribution in [-0.4, -0.2) is 16.4 Å². The fourth-order valence-corrected chi connectivity index (χ4v) is 0.619. The Morgan fingerprint density at radius 1 is 1.00 bits per heavy atom. The Labute approximate surface area is 80.1 Å². The zero-order valence-corrected chi connectivity index (χ0v) is 7.01. The molecule has 1 rings (SSSR count). The van der Waals surface area contributed by atoms with Gasteiger partial charge in [-0.1, -0.05) is 0 Å². The first kappa shape index (κ1) is 11.5. The molecule has 5 heteroatoms. The first-order chi connectivity index (χ1) is 6.60. The number of benzene rings is 1. The van der Waals surface area contributed by atoms with Crippen molar-refractivity contribution in [2.24, 2.45) is 0 Å². The summed E-state index contributed by atoms with van der Waals surface area (Å²) in [6, 6.07) is 10.4. The smallest absolute Gasteiger partial charge is 0.450 e. The second kappa shape index (κ2) is 6.04. The van der Waals surface area contributed by atoms with Gasteiger partial charge in [-0.25, -0.2) is 4.79 Å². The Morgan fingerprint density at radius 3 is 1.36 bits per heavy atom. The molecular weight excluding hydrogens is 184 g/mol. The van der Waals surface area contributed by atoms with Gasteiger partial charge >= 0.3 is 6.16 Å². The average Bonchev–Trinajstić information content (AvgIpc) is 2.17. The number of hydrogen-bond acceptors (Lipinski definition) is 3. The molecule has 0 heterocycles. The summed E-state index contributed by atoms with van der Waals surface area (Å²) >= 11 is 0. The van der Waals surface area contributed by atoms with Crippen molar-refractivity contribution in [3.63, 3.8) is 0 Å². The highest BCUT2D eigenvalue weighted by molar-refractivity contribution is 5.53. The Hall–Kier alpha value is -2.53. The summed E-state index contributed by atoms with van der Waals surface area (Å²) in [5.41, 5.74) is 1.16. The largest absolute Gasteiger partial charge is 0.503 e. The van der Waals surface area contributed by atoms with E-state index in [9.17, 15) is 0 Å². The number of carbonyl (C=O) groups is 1. The molecule has 0 amide bonds. The van der Waals surface area contributed by atoms with Crippen molar-refractivity contribution >= 4 is 6.16 Å². The van der Waals surface area contributed by atoms with Crippen LogP contribution < -0.4 is 0 Å². The first-order valence-electron chi connectivity index (χ1n) is 3.42. The maximum atomic E-state index is 8.56. The van der Waals surface area contributed by atoms with Crippen LogP contribution in [0.2, 0.25) is 0 Å². The molecule has 2 N–H and O–H groups in total. The van der Waals surface area contributed by atoms with Crippen molar-refractivity contribution in [1.29, 1.82) is 10.5 Å². The first-order valence-corrected chi connectivity index (χ1v) is 3.42. The second-order valence-electron chi connectivity index (χ2n) is 2.08. The lowest BCUT2D eigenvalue weighted by Gasteiger charge is -1.85. The van der Waals surface area contributed by atoms with Crippen molar-refractivity contribution in [3.05, 3.63) is 35.4 Å². The van der Waals surface area contributed by atoms with Gasteiger partial charge in [-0.3, -0.25) is 0 Å². The van der Waals surface area contributed by atoms with Crippen LogP contribution >= 0.6 is 0 Å². The summed E-state index contributed by atoms with van der Waals surface area (Å²) < 4.78 is 0. The summed E-state index contributed by atoms with van der Waals surface area (Å²) in [6.07, 6.45) is -1.83. The second-order valence-corrected chi connectivity index (χ2v) is 2.08. The third kappa shape index (κ3) is 5.16. The van der Waals surface area contributed by atoms with E-state index in [0.29, 0.717) is 11.1 Å². The molecule has 0 aliphatic heterocycles. The van der Waals surface area contributed by atoms with Crippen molar-refractivity contribution in [2.75, 3.05) is 0 Å². The van der Waals surface area contributed by atoms with Gasteiger partial charge in [0.15, 0.2) is 0 Å².